The van der Waals surface area contributed by atoms with Crippen LogP contribution in [0.15, 0.2) is 30.5 Å². The normalized spacial score (nSPS) is 12.3. The zero-order valence-electron chi connectivity index (χ0n) is 26.6. The molecule has 47 heavy (non-hydrogen) atoms. The van der Waals surface area contributed by atoms with E-state index >= 15 is 0 Å². The van der Waals surface area contributed by atoms with Gasteiger partial charge in [0.1, 0.15) is 18.7 Å². The molecule has 15 heteroatoms. The van der Waals surface area contributed by atoms with Gasteiger partial charge in [0.05, 0.1) is 66.0 Å². The van der Waals surface area contributed by atoms with Crippen molar-refractivity contribution < 1.29 is 48.0 Å². The van der Waals surface area contributed by atoms with Crippen molar-refractivity contribution in [3.05, 3.63) is 36.0 Å². The Hall–Kier alpha value is -4.04. The van der Waals surface area contributed by atoms with E-state index in [-0.39, 0.29) is 51.5 Å². The second-order valence-electron chi connectivity index (χ2n) is 10.2. The van der Waals surface area contributed by atoms with Gasteiger partial charge in [-0.1, -0.05) is 24.1 Å². The number of fused-ring (bicyclic) bond motifs is 1. The van der Waals surface area contributed by atoms with Gasteiger partial charge in [-0.05, 0) is 24.5 Å². The number of aliphatic carboxylic acids is 1. The van der Waals surface area contributed by atoms with Gasteiger partial charge in [0.15, 0.2) is 0 Å². The summed E-state index contributed by atoms with van der Waals surface area (Å²) in [5.74, 6) is -0.289. The van der Waals surface area contributed by atoms with E-state index in [4.69, 9.17) is 35.8 Å². The van der Waals surface area contributed by atoms with Gasteiger partial charge in [0.2, 0.25) is 17.7 Å². The van der Waals surface area contributed by atoms with Crippen molar-refractivity contribution in [3.63, 3.8) is 0 Å². The number of para-hydroxylation sites is 1. The predicted molar refractivity (Wildman–Crippen MR) is 172 cm³/mol. The Morgan fingerprint density at radius 1 is 0.851 bits per heavy atom. The highest BCUT2D eigenvalue weighted by Crippen LogP contribution is 2.19. The van der Waals surface area contributed by atoms with E-state index in [9.17, 15) is 24.3 Å². The minimum Gasteiger partial charge on any atom is -0.480 e. The van der Waals surface area contributed by atoms with Crippen LogP contribution in [-0.2, 0) is 49.3 Å². The highest BCUT2D eigenvalue weighted by molar-refractivity contribution is 5.92. The molecule has 1 aromatic carbocycles. The number of aromatic amines is 1. The number of carboxylic acids is 1. The Morgan fingerprint density at radius 2 is 1.47 bits per heavy atom. The summed E-state index contributed by atoms with van der Waals surface area (Å²) in [6, 6.07) is 5.25. The zero-order valence-corrected chi connectivity index (χ0v) is 26.6. The largest absolute Gasteiger partial charge is 0.480 e. The maximum Gasteiger partial charge on any atom is 0.326 e. The number of terminal acetylenes is 1. The van der Waals surface area contributed by atoms with Gasteiger partial charge in [0.25, 0.3) is 0 Å². The number of carbonyl (C=O) groups is 4. The summed E-state index contributed by atoms with van der Waals surface area (Å²) in [6.07, 6.45) is 7.45. The van der Waals surface area contributed by atoms with Crippen molar-refractivity contribution in [1.82, 2.24) is 20.9 Å². The van der Waals surface area contributed by atoms with Crippen LogP contribution in [0, 0.1) is 12.3 Å². The van der Waals surface area contributed by atoms with Gasteiger partial charge in [-0.2, -0.15) is 0 Å². The second kappa shape index (κ2) is 24.2. The minimum absolute atomic E-state index is 0.0681. The first-order valence-electron chi connectivity index (χ1n) is 15.5. The molecule has 1 heterocycles. The number of rotatable bonds is 27. The molecule has 7 N–H and O–H groups in total. The van der Waals surface area contributed by atoms with E-state index in [0.29, 0.717) is 59.3 Å². The Kier molecular flexibility index (Phi) is 20.1. The summed E-state index contributed by atoms with van der Waals surface area (Å²) >= 11 is 0. The number of nitrogens with two attached hydrogens (primary N) is 1. The number of carbonyl (C=O) groups excluding carboxylic acids is 3. The molecule has 1 aromatic heterocycles. The fourth-order valence-electron chi connectivity index (χ4n) is 4.31. The van der Waals surface area contributed by atoms with Crippen molar-refractivity contribution in [1.29, 1.82) is 0 Å². The lowest BCUT2D eigenvalue weighted by molar-refractivity contribution is -0.142. The molecule has 0 saturated heterocycles. The standard InChI is InChI=1S/C32H47N5O10/c1-2-11-43-13-15-45-17-19-47-20-18-46-16-14-44-12-9-29(38)34-10-5-8-27(32(41)42)37-31(40)28(36-30(39)22-33)21-24-23-35-26-7-4-3-6-25(24)26/h1,3-4,6-7,23,27-28,35H,5,8-22,33H2,(H,34,38)(H,36,39)(H,37,40)(H,41,42)/t27-,28-/m0/s1. The number of aromatic nitrogens is 1. The number of benzene rings is 1. The first kappa shape index (κ1) is 39.1. The zero-order chi connectivity index (χ0) is 34.1. The highest BCUT2D eigenvalue weighted by atomic mass is 16.6. The fourth-order valence-corrected chi connectivity index (χ4v) is 4.31. The van der Waals surface area contributed by atoms with Crippen LogP contribution in [0.1, 0.15) is 24.8 Å². The molecule has 0 fully saturated rings. The van der Waals surface area contributed by atoms with Gasteiger partial charge in [0, 0.05) is 36.5 Å². The average Bonchev–Trinajstić information content (AvgIpc) is 3.47. The predicted octanol–water partition coefficient (Wildman–Crippen LogP) is -0.274. The number of carboxylic acid groups (broad SMARTS) is 1. The summed E-state index contributed by atoms with van der Waals surface area (Å²) in [6.45, 7) is 3.65. The molecule has 3 amide bonds. The Labute approximate surface area is 274 Å². The van der Waals surface area contributed by atoms with Gasteiger partial charge in [-0.15, -0.1) is 6.42 Å². The Bertz CT molecular complexity index is 1260. The molecule has 2 atom stereocenters. The molecule has 0 aliphatic heterocycles. The van der Waals surface area contributed by atoms with Crippen molar-refractivity contribution in [2.24, 2.45) is 5.73 Å². The number of H-pyrrole nitrogens is 1. The molecular formula is C32H47N5O10. The topological polar surface area (TPSA) is 213 Å². The van der Waals surface area contributed by atoms with Crippen LogP contribution in [0.4, 0.5) is 0 Å². The van der Waals surface area contributed by atoms with Crippen molar-refractivity contribution >= 4 is 34.6 Å². The third-order valence-corrected chi connectivity index (χ3v) is 6.69. The summed E-state index contributed by atoms with van der Waals surface area (Å²) in [7, 11) is 0. The van der Waals surface area contributed by atoms with Crippen molar-refractivity contribution in [3.8, 4) is 12.3 Å². The quantitative estimate of drug-likeness (QED) is 0.0542. The van der Waals surface area contributed by atoms with Crippen LogP contribution in [0.25, 0.3) is 10.9 Å². The monoisotopic (exact) mass is 661 g/mol. The summed E-state index contributed by atoms with van der Waals surface area (Å²) in [4.78, 5) is 52.2. The van der Waals surface area contributed by atoms with E-state index < -0.39 is 29.9 Å². The van der Waals surface area contributed by atoms with Crippen LogP contribution in [0.2, 0.25) is 0 Å². The molecular weight excluding hydrogens is 614 g/mol. The molecule has 2 rings (SSSR count). The molecule has 0 radical (unpaired) electrons. The molecule has 0 aliphatic carbocycles. The van der Waals surface area contributed by atoms with Crippen molar-refractivity contribution in [2.45, 2.75) is 37.8 Å². The number of nitrogens with one attached hydrogen (secondary N) is 4. The van der Waals surface area contributed by atoms with E-state index in [2.05, 4.69) is 26.9 Å². The second-order valence-corrected chi connectivity index (χ2v) is 10.2. The van der Waals surface area contributed by atoms with E-state index in [0.717, 1.165) is 16.5 Å². The smallest absolute Gasteiger partial charge is 0.326 e. The highest BCUT2D eigenvalue weighted by Gasteiger charge is 2.27. The lowest BCUT2D eigenvalue weighted by atomic mass is 10.0. The summed E-state index contributed by atoms with van der Waals surface area (Å²) in [5.41, 5.74) is 7.08. The first-order chi connectivity index (χ1) is 22.8. The third-order valence-electron chi connectivity index (χ3n) is 6.69. The van der Waals surface area contributed by atoms with E-state index in [1.54, 1.807) is 6.20 Å². The maximum absolute atomic E-state index is 13.1. The average molecular weight is 662 g/mol. The van der Waals surface area contributed by atoms with Gasteiger partial charge < -0.3 is 55.5 Å². The fraction of sp³-hybridized carbons (Fsp3) is 0.562. The minimum atomic E-state index is -1.23. The van der Waals surface area contributed by atoms with E-state index in [1.807, 2.05) is 24.3 Å². The number of amides is 3. The Morgan fingerprint density at radius 3 is 2.09 bits per heavy atom. The SMILES string of the molecule is C#CCOCCOCCOCCOCCOCCC(=O)NCCC[C@H](NC(=O)[C@H](Cc1c[nH]c2ccccc12)NC(=O)CN)C(=O)O. The molecule has 15 nitrogen and oxygen atoms in total. The van der Waals surface area contributed by atoms with Crippen LogP contribution in [0.3, 0.4) is 0 Å². The lowest BCUT2D eigenvalue weighted by Crippen LogP contribution is -2.53. The maximum atomic E-state index is 13.1. The molecule has 0 bridgehead atoms. The summed E-state index contributed by atoms with van der Waals surface area (Å²) < 4.78 is 26.6. The lowest BCUT2D eigenvalue weighted by Gasteiger charge is -2.21. The summed E-state index contributed by atoms with van der Waals surface area (Å²) in [5, 5.41) is 18.4. The van der Waals surface area contributed by atoms with Crippen LogP contribution >= 0.6 is 0 Å². The number of hydrogen-bond acceptors (Lipinski definition) is 10. The van der Waals surface area contributed by atoms with Crippen LogP contribution in [-0.4, -0.2) is 125 Å². The van der Waals surface area contributed by atoms with Gasteiger partial charge in [-0.25, -0.2) is 4.79 Å². The number of ether oxygens (including phenoxy) is 5. The Balaban J connectivity index is 1.57. The molecule has 0 saturated carbocycles. The molecule has 0 aliphatic rings. The van der Waals surface area contributed by atoms with Crippen LogP contribution in [0.5, 0.6) is 0 Å². The first-order valence-corrected chi connectivity index (χ1v) is 15.5. The van der Waals surface area contributed by atoms with Crippen LogP contribution < -0.4 is 21.7 Å². The van der Waals surface area contributed by atoms with Gasteiger partial charge >= 0.3 is 5.97 Å². The van der Waals surface area contributed by atoms with Crippen molar-refractivity contribution in [2.75, 3.05) is 79.2 Å². The van der Waals surface area contributed by atoms with Gasteiger partial charge in [-0.3, -0.25) is 14.4 Å². The molecule has 0 spiro atoms. The molecule has 2 aromatic rings. The molecule has 0 unspecified atom stereocenters. The molecule has 260 valence electrons. The van der Waals surface area contributed by atoms with E-state index in [1.165, 1.54) is 0 Å². The number of hydrogen-bond donors (Lipinski definition) is 6. The third kappa shape index (κ3) is 16.9.